The Morgan fingerprint density at radius 2 is 0.862 bits per heavy atom. The van der Waals surface area contributed by atoms with Gasteiger partial charge in [0.25, 0.3) is 0 Å². The summed E-state index contributed by atoms with van der Waals surface area (Å²) in [5.74, 6) is -1.48. The van der Waals surface area contributed by atoms with Gasteiger partial charge >= 0.3 is 17.9 Å². The van der Waals surface area contributed by atoms with Crippen molar-refractivity contribution in [1.29, 1.82) is 0 Å². The molecule has 0 fully saturated rings. The molecule has 8 heteroatoms. The van der Waals surface area contributed by atoms with Gasteiger partial charge in [-0.3, -0.25) is 9.59 Å². The van der Waals surface area contributed by atoms with Gasteiger partial charge in [0.2, 0.25) is 0 Å². The second kappa shape index (κ2) is 41.5. The lowest BCUT2D eigenvalue weighted by atomic mass is 10.1. The minimum atomic E-state index is -0.876. The number of quaternary nitrogens is 1. The van der Waals surface area contributed by atoms with Crippen LogP contribution in [0, 0.1) is 0 Å². The van der Waals surface area contributed by atoms with E-state index < -0.39 is 18.1 Å². The molecule has 58 heavy (non-hydrogen) atoms. The molecule has 8 nitrogen and oxygen atoms in total. The second-order valence-corrected chi connectivity index (χ2v) is 17.7. The molecule has 0 bridgehead atoms. The normalized spacial score (nSPS) is 13.1. The van der Waals surface area contributed by atoms with Crippen molar-refractivity contribution < 1.29 is 38.2 Å². The Labute approximate surface area is 358 Å². The Hall–Kier alpha value is -2.19. The van der Waals surface area contributed by atoms with Crippen molar-refractivity contribution in [3.05, 3.63) is 24.3 Å². The fourth-order valence-electron chi connectivity index (χ4n) is 7.26. The van der Waals surface area contributed by atoms with Crippen molar-refractivity contribution in [2.45, 2.75) is 238 Å². The molecule has 0 heterocycles. The highest BCUT2D eigenvalue weighted by molar-refractivity contribution is 5.72. The van der Waals surface area contributed by atoms with Gasteiger partial charge in [-0.25, -0.2) is 4.79 Å². The molecule has 0 saturated carbocycles. The van der Waals surface area contributed by atoms with E-state index in [0.29, 0.717) is 19.3 Å². The molecule has 0 rings (SSSR count). The molecular weight excluding hydrogens is 727 g/mol. The first-order valence-electron chi connectivity index (χ1n) is 24.4. The largest absolute Gasteiger partial charge is 0.477 e. The van der Waals surface area contributed by atoms with Gasteiger partial charge in [0.1, 0.15) is 6.61 Å². The van der Waals surface area contributed by atoms with Crippen molar-refractivity contribution in [2.24, 2.45) is 0 Å². The van der Waals surface area contributed by atoms with Crippen molar-refractivity contribution >= 4 is 17.9 Å². The Morgan fingerprint density at radius 1 is 0.500 bits per heavy atom. The molecule has 0 aliphatic carbocycles. The molecule has 0 amide bonds. The van der Waals surface area contributed by atoms with E-state index in [2.05, 4.69) is 38.2 Å². The zero-order valence-corrected chi connectivity index (χ0v) is 38.8. The van der Waals surface area contributed by atoms with Gasteiger partial charge in [-0.05, 0) is 64.2 Å². The van der Waals surface area contributed by atoms with Crippen LogP contribution in [-0.4, -0.2) is 80.6 Å². The lowest BCUT2D eigenvalue weighted by Gasteiger charge is -2.31. The Morgan fingerprint density at radius 3 is 1.26 bits per heavy atom. The monoisotopic (exact) mass is 821 g/mol. The third kappa shape index (κ3) is 39.3. The van der Waals surface area contributed by atoms with Gasteiger partial charge in [0.05, 0.1) is 34.4 Å². The highest BCUT2D eigenvalue weighted by Crippen LogP contribution is 2.15. The summed E-state index contributed by atoms with van der Waals surface area (Å²) in [6.07, 6.45) is 46.5. The molecule has 0 spiro atoms. The fraction of sp³-hybridized carbons (Fsp3) is 0.860. The summed E-state index contributed by atoms with van der Waals surface area (Å²) in [7, 11) is 5.53. The molecule has 2 atom stereocenters. The van der Waals surface area contributed by atoms with Crippen LogP contribution in [0.25, 0.3) is 0 Å². The summed E-state index contributed by atoms with van der Waals surface area (Å²) >= 11 is 0. The summed E-state index contributed by atoms with van der Waals surface area (Å²) in [4.78, 5) is 37.0. The lowest BCUT2D eigenvalue weighted by molar-refractivity contribution is -0.887. The van der Waals surface area contributed by atoms with E-state index >= 15 is 0 Å². The number of unbranched alkanes of at least 4 members (excludes halogenated alkanes) is 26. The van der Waals surface area contributed by atoms with Crippen LogP contribution in [0.2, 0.25) is 0 Å². The zero-order valence-electron chi connectivity index (χ0n) is 38.8. The minimum Gasteiger partial charge on any atom is -0.477 e. The molecule has 0 saturated heterocycles. The van der Waals surface area contributed by atoms with Gasteiger partial charge in [0, 0.05) is 19.3 Å². The summed E-state index contributed by atoms with van der Waals surface area (Å²) < 4.78 is 17.3. The molecule has 2 unspecified atom stereocenters. The Balaban J connectivity index is 4.26. The third-order valence-electron chi connectivity index (χ3n) is 11.1. The summed E-state index contributed by atoms with van der Waals surface area (Å²) in [6, 6.07) is -0.615. The number of hydrogen-bond acceptors (Lipinski definition) is 6. The van der Waals surface area contributed by atoms with E-state index in [1.54, 1.807) is 0 Å². The number of nitrogens with zero attached hydrogens (tertiary/aromatic N) is 1. The average Bonchev–Trinajstić information content (AvgIpc) is 3.18. The van der Waals surface area contributed by atoms with E-state index in [1.807, 2.05) is 21.1 Å². The number of carbonyl (C=O) groups excluding carboxylic acids is 2. The number of likely N-dealkylation sites (N-methyl/N-ethyl adjacent to an activating group) is 1. The quantitative estimate of drug-likeness (QED) is 0.0283. The van der Waals surface area contributed by atoms with Gasteiger partial charge in [-0.2, -0.15) is 0 Å². The van der Waals surface area contributed by atoms with Crippen LogP contribution in [0.5, 0.6) is 0 Å². The van der Waals surface area contributed by atoms with Gasteiger partial charge < -0.3 is 23.8 Å². The minimum absolute atomic E-state index is 0.0576. The van der Waals surface area contributed by atoms with E-state index in [-0.39, 0.29) is 36.2 Å². The number of esters is 2. The summed E-state index contributed by atoms with van der Waals surface area (Å²) in [5, 5.41) is 9.63. The first-order valence-corrected chi connectivity index (χ1v) is 24.4. The van der Waals surface area contributed by atoms with Crippen molar-refractivity contribution in [3.8, 4) is 0 Å². The standard InChI is InChI=1S/C50H93NO7/c1-6-8-10-12-14-16-18-20-21-22-23-24-25-26-27-29-31-33-35-37-39-41-49(53)58-46(44-56-43-42-47(50(54)55)51(3,4)5)45-57-48(52)40-38-36-34-32-30-28-19-17-15-13-11-9-7-2/h24-25,28,30,46-47H,6-23,26-27,29,31-45H2,1-5H3/p+1/b25-24+,30-28+. The zero-order chi connectivity index (χ0) is 42.8. The summed E-state index contributed by atoms with van der Waals surface area (Å²) in [5.41, 5.74) is 0. The van der Waals surface area contributed by atoms with Crippen LogP contribution in [0.3, 0.4) is 0 Å². The number of carboxylic acid groups (broad SMARTS) is 1. The van der Waals surface area contributed by atoms with Crippen LogP contribution in [-0.2, 0) is 28.6 Å². The van der Waals surface area contributed by atoms with Crippen LogP contribution in [0.15, 0.2) is 24.3 Å². The molecule has 0 aliphatic rings. The molecule has 340 valence electrons. The number of allylic oxidation sites excluding steroid dienone is 4. The Kier molecular flexibility index (Phi) is 40.0. The van der Waals surface area contributed by atoms with Crippen LogP contribution in [0.4, 0.5) is 0 Å². The number of aliphatic carboxylic acids is 1. The van der Waals surface area contributed by atoms with E-state index in [4.69, 9.17) is 14.2 Å². The molecular formula is C50H94NO7+. The number of carboxylic acids is 1. The molecule has 0 aromatic heterocycles. The average molecular weight is 821 g/mol. The third-order valence-corrected chi connectivity index (χ3v) is 11.1. The molecule has 0 radical (unpaired) electrons. The predicted octanol–water partition coefficient (Wildman–Crippen LogP) is 13.6. The SMILES string of the molecule is CCCCCCCC/C=C/CCCCCC(=O)OCC(COCCC(C(=O)O)[N+](C)(C)C)OC(=O)CCCCCCCCC/C=C/CCCCCCCCCCCC. The summed E-state index contributed by atoms with van der Waals surface area (Å²) in [6.45, 7) is 4.73. The number of rotatable bonds is 44. The lowest BCUT2D eigenvalue weighted by Crippen LogP contribution is -2.50. The van der Waals surface area contributed by atoms with Gasteiger partial charge in [-0.15, -0.1) is 0 Å². The van der Waals surface area contributed by atoms with E-state index in [0.717, 1.165) is 51.4 Å². The first-order chi connectivity index (χ1) is 28.1. The number of carbonyl (C=O) groups is 3. The number of ether oxygens (including phenoxy) is 3. The maximum Gasteiger partial charge on any atom is 0.362 e. The fourth-order valence-corrected chi connectivity index (χ4v) is 7.26. The Bertz CT molecular complexity index is 1000. The molecule has 1 N–H and O–H groups in total. The maximum atomic E-state index is 12.8. The van der Waals surface area contributed by atoms with Crippen LogP contribution >= 0.6 is 0 Å². The second-order valence-electron chi connectivity index (χ2n) is 17.7. The van der Waals surface area contributed by atoms with E-state index in [9.17, 15) is 19.5 Å². The smallest absolute Gasteiger partial charge is 0.362 e. The van der Waals surface area contributed by atoms with Crippen molar-refractivity contribution in [2.75, 3.05) is 41.0 Å². The molecule has 0 aromatic carbocycles. The maximum absolute atomic E-state index is 12.8. The predicted molar refractivity (Wildman–Crippen MR) is 243 cm³/mol. The highest BCUT2D eigenvalue weighted by atomic mass is 16.6. The van der Waals surface area contributed by atoms with Gasteiger partial charge in [-0.1, -0.05) is 167 Å². The molecule has 0 aromatic rings. The van der Waals surface area contributed by atoms with E-state index in [1.165, 1.54) is 141 Å². The molecule has 0 aliphatic heterocycles. The first kappa shape index (κ1) is 55.8. The number of hydrogen-bond donors (Lipinski definition) is 1. The van der Waals surface area contributed by atoms with Crippen LogP contribution < -0.4 is 0 Å². The van der Waals surface area contributed by atoms with Gasteiger partial charge in [0.15, 0.2) is 12.1 Å². The highest BCUT2D eigenvalue weighted by Gasteiger charge is 2.31. The van der Waals surface area contributed by atoms with Crippen molar-refractivity contribution in [3.63, 3.8) is 0 Å². The van der Waals surface area contributed by atoms with Crippen LogP contribution in [0.1, 0.15) is 226 Å². The van der Waals surface area contributed by atoms with Crippen molar-refractivity contribution in [1.82, 2.24) is 0 Å². The topological polar surface area (TPSA) is 99.1 Å².